The molecule has 0 saturated heterocycles. The molecule has 0 saturated carbocycles. The van der Waals surface area contributed by atoms with Gasteiger partial charge in [-0.2, -0.15) is 0 Å². The number of benzene rings is 1. The summed E-state index contributed by atoms with van der Waals surface area (Å²) < 4.78 is 27.9. The van der Waals surface area contributed by atoms with E-state index in [4.69, 9.17) is 11.6 Å². The summed E-state index contributed by atoms with van der Waals surface area (Å²) in [4.78, 5) is 8.43. The fourth-order valence-electron chi connectivity index (χ4n) is 2.08. The second-order valence-corrected chi connectivity index (χ2v) is 8.16. The predicted octanol–water partition coefficient (Wildman–Crippen LogP) is 3.26. The molecule has 0 fully saturated rings. The number of hydrogen-bond acceptors (Lipinski definition) is 5. The average Bonchev–Trinajstić information content (AvgIpc) is 2.95. The first-order valence-electron chi connectivity index (χ1n) is 7.00. The third-order valence-electron chi connectivity index (χ3n) is 3.21. The lowest BCUT2D eigenvalue weighted by atomic mass is 10.3. The van der Waals surface area contributed by atoms with Crippen LogP contribution in [0.15, 0.2) is 47.5 Å². The molecule has 3 rings (SSSR count). The highest BCUT2D eigenvalue weighted by atomic mass is 35.5. The van der Waals surface area contributed by atoms with Gasteiger partial charge in [-0.25, -0.2) is 23.1 Å². The summed E-state index contributed by atoms with van der Waals surface area (Å²) in [5, 5.41) is 1.28. The summed E-state index contributed by atoms with van der Waals surface area (Å²) >= 11 is 7.30. The summed E-state index contributed by atoms with van der Waals surface area (Å²) in [5.74, 6) is 0. The second-order valence-electron chi connectivity index (χ2n) is 4.89. The van der Waals surface area contributed by atoms with Crippen LogP contribution in [0, 0.1) is 0 Å². The van der Waals surface area contributed by atoms with Crippen molar-refractivity contribution in [1.82, 2.24) is 14.7 Å². The molecule has 0 aliphatic carbocycles. The highest BCUT2D eigenvalue weighted by molar-refractivity contribution is 7.89. The monoisotopic (exact) mass is 367 g/mol. The maximum Gasteiger partial charge on any atom is 0.242 e. The maximum absolute atomic E-state index is 12.1. The fraction of sp³-hybridized carbons (Fsp3) is 0.200. The number of para-hydroxylation sites is 1. The standard InChI is InChI=1S/C15H14ClN3O2S2/c16-14-8-7-11(10-17-14)23(20,21)18-9-3-6-15-19-12-4-1-2-5-13(12)22-15/h1-2,4-5,7-8,10,18H,3,6,9H2. The molecule has 8 heteroatoms. The zero-order valence-corrected chi connectivity index (χ0v) is 14.5. The Hall–Kier alpha value is -1.54. The van der Waals surface area contributed by atoms with Crippen molar-refractivity contribution < 1.29 is 8.42 Å². The Kier molecular flexibility index (Phi) is 4.91. The summed E-state index contributed by atoms with van der Waals surface area (Å²) in [6, 6.07) is 10.8. The van der Waals surface area contributed by atoms with Crippen LogP contribution in [0.1, 0.15) is 11.4 Å². The van der Waals surface area contributed by atoms with E-state index in [1.54, 1.807) is 11.3 Å². The fourth-order valence-corrected chi connectivity index (χ4v) is 4.22. The molecule has 0 unspecified atom stereocenters. The minimum atomic E-state index is -3.54. The van der Waals surface area contributed by atoms with Gasteiger partial charge in [-0.05, 0) is 30.7 Å². The van der Waals surface area contributed by atoms with Crippen molar-refractivity contribution in [2.75, 3.05) is 6.54 Å². The highest BCUT2D eigenvalue weighted by Gasteiger charge is 2.13. The van der Waals surface area contributed by atoms with Gasteiger partial charge in [-0.3, -0.25) is 0 Å². The smallest absolute Gasteiger partial charge is 0.242 e. The van der Waals surface area contributed by atoms with Crippen LogP contribution in [0.4, 0.5) is 0 Å². The van der Waals surface area contributed by atoms with Gasteiger partial charge >= 0.3 is 0 Å². The molecule has 2 aromatic heterocycles. The molecule has 23 heavy (non-hydrogen) atoms. The summed E-state index contributed by atoms with van der Waals surface area (Å²) in [5.41, 5.74) is 0.986. The zero-order valence-electron chi connectivity index (χ0n) is 12.1. The van der Waals surface area contributed by atoms with Crippen LogP contribution >= 0.6 is 22.9 Å². The number of aromatic nitrogens is 2. The van der Waals surface area contributed by atoms with Gasteiger partial charge in [0.15, 0.2) is 0 Å². The van der Waals surface area contributed by atoms with Crippen LogP contribution in [-0.2, 0) is 16.4 Å². The number of fused-ring (bicyclic) bond motifs is 1. The molecule has 3 aromatic rings. The van der Waals surface area contributed by atoms with Gasteiger partial charge in [0.2, 0.25) is 10.0 Å². The van der Waals surface area contributed by atoms with E-state index < -0.39 is 10.0 Å². The molecule has 0 radical (unpaired) electrons. The number of rotatable bonds is 6. The molecule has 0 bridgehead atoms. The molecular weight excluding hydrogens is 354 g/mol. The van der Waals surface area contributed by atoms with Crippen molar-refractivity contribution in [2.24, 2.45) is 0 Å². The normalized spacial score (nSPS) is 11.9. The molecule has 120 valence electrons. The van der Waals surface area contributed by atoms with Gasteiger partial charge < -0.3 is 0 Å². The molecule has 0 amide bonds. The minimum Gasteiger partial charge on any atom is -0.243 e. The summed E-state index contributed by atoms with van der Waals surface area (Å²) in [7, 11) is -3.54. The Bertz CT molecular complexity index is 875. The molecule has 0 aliphatic rings. The zero-order chi connectivity index (χ0) is 16.3. The van der Waals surface area contributed by atoms with Gasteiger partial charge in [0, 0.05) is 19.2 Å². The van der Waals surface area contributed by atoms with Crippen molar-refractivity contribution in [3.63, 3.8) is 0 Å². The van der Waals surface area contributed by atoms with Crippen LogP contribution in [-0.4, -0.2) is 24.9 Å². The van der Waals surface area contributed by atoms with Crippen LogP contribution in [0.2, 0.25) is 5.15 Å². The van der Waals surface area contributed by atoms with Gasteiger partial charge in [0.25, 0.3) is 0 Å². The largest absolute Gasteiger partial charge is 0.243 e. The number of nitrogens with zero attached hydrogens (tertiary/aromatic N) is 2. The number of halogens is 1. The van der Waals surface area contributed by atoms with Crippen LogP contribution < -0.4 is 4.72 Å². The van der Waals surface area contributed by atoms with Gasteiger partial charge in [0.1, 0.15) is 10.0 Å². The third-order valence-corrected chi connectivity index (χ3v) is 5.97. The van der Waals surface area contributed by atoms with Gasteiger partial charge in [-0.1, -0.05) is 23.7 Å². The Balaban J connectivity index is 1.55. The molecular formula is C15H14ClN3O2S2. The first-order chi connectivity index (χ1) is 11.0. The second kappa shape index (κ2) is 6.92. The van der Waals surface area contributed by atoms with E-state index in [0.717, 1.165) is 21.6 Å². The molecule has 0 spiro atoms. The van der Waals surface area contributed by atoms with E-state index in [0.29, 0.717) is 13.0 Å². The maximum atomic E-state index is 12.1. The molecule has 1 N–H and O–H groups in total. The number of hydrogen-bond donors (Lipinski definition) is 1. The van der Waals surface area contributed by atoms with E-state index in [-0.39, 0.29) is 10.0 Å². The van der Waals surface area contributed by atoms with Crippen LogP contribution in [0.3, 0.4) is 0 Å². The predicted molar refractivity (Wildman–Crippen MR) is 92.4 cm³/mol. The lowest BCUT2D eigenvalue weighted by Gasteiger charge is -2.05. The summed E-state index contributed by atoms with van der Waals surface area (Å²) in [6.07, 6.45) is 2.67. The number of nitrogens with one attached hydrogen (secondary N) is 1. The van der Waals surface area contributed by atoms with E-state index in [1.165, 1.54) is 18.3 Å². The van der Waals surface area contributed by atoms with Crippen molar-refractivity contribution in [1.29, 1.82) is 0 Å². The van der Waals surface area contributed by atoms with E-state index in [2.05, 4.69) is 14.7 Å². The third kappa shape index (κ3) is 4.06. The van der Waals surface area contributed by atoms with Crippen molar-refractivity contribution >= 4 is 43.2 Å². The number of sulfonamides is 1. The molecule has 0 aliphatic heterocycles. The van der Waals surface area contributed by atoms with Crippen molar-refractivity contribution in [3.05, 3.63) is 52.8 Å². The Labute approximate surface area is 143 Å². The quantitative estimate of drug-likeness (QED) is 0.536. The first kappa shape index (κ1) is 16.3. The lowest BCUT2D eigenvalue weighted by molar-refractivity contribution is 0.578. The minimum absolute atomic E-state index is 0.113. The topological polar surface area (TPSA) is 72.0 Å². The van der Waals surface area contributed by atoms with Crippen LogP contribution in [0.25, 0.3) is 10.2 Å². The van der Waals surface area contributed by atoms with Crippen molar-refractivity contribution in [2.45, 2.75) is 17.7 Å². The Morgan fingerprint density at radius 3 is 2.74 bits per heavy atom. The first-order valence-corrected chi connectivity index (χ1v) is 9.68. The number of aryl methyl sites for hydroxylation is 1. The van der Waals surface area contributed by atoms with Gasteiger partial charge in [-0.15, -0.1) is 11.3 Å². The lowest BCUT2D eigenvalue weighted by Crippen LogP contribution is -2.25. The van der Waals surface area contributed by atoms with Crippen LogP contribution in [0.5, 0.6) is 0 Å². The molecule has 2 heterocycles. The number of thiazole rings is 1. The Morgan fingerprint density at radius 2 is 2.00 bits per heavy atom. The van der Waals surface area contributed by atoms with E-state index in [9.17, 15) is 8.42 Å². The summed E-state index contributed by atoms with van der Waals surface area (Å²) in [6.45, 7) is 0.348. The molecule has 1 aromatic carbocycles. The van der Waals surface area contributed by atoms with E-state index >= 15 is 0 Å². The highest BCUT2D eigenvalue weighted by Crippen LogP contribution is 2.22. The average molecular weight is 368 g/mol. The van der Waals surface area contributed by atoms with Crippen molar-refractivity contribution in [3.8, 4) is 0 Å². The molecule has 0 atom stereocenters. The Morgan fingerprint density at radius 1 is 1.17 bits per heavy atom. The SMILES string of the molecule is O=S(=O)(NCCCc1nc2ccccc2s1)c1ccc(Cl)nc1. The number of pyridine rings is 1. The van der Waals surface area contributed by atoms with Gasteiger partial charge in [0.05, 0.1) is 15.2 Å². The van der Waals surface area contributed by atoms with E-state index in [1.807, 2.05) is 24.3 Å². The molecule has 5 nitrogen and oxygen atoms in total.